The first-order chi connectivity index (χ1) is 6.11. The molecule has 1 aromatic heterocycles. The molecule has 0 saturated heterocycles. The minimum absolute atomic E-state index is 0.150. The number of aliphatic hydroxyl groups excluding tert-OH is 1. The smallest absolute Gasteiger partial charge is 0.262 e. The molecule has 0 bridgehead atoms. The molecule has 1 heterocycles. The van der Waals surface area contributed by atoms with E-state index in [4.69, 9.17) is 5.11 Å². The van der Waals surface area contributed by atoms with E-state index >= 15 is 0 Å². The van der Waals surface area contributed by atoms with E-state index in [0.29, 0.717) is 4.88 Å². The maximum absolute atomic E-state index is 11.4. The van der Waals surface area contributed by atoms with Crippen LogP contribution in [0.3, 0.4) is 0 Å². The number of thiophene rings is 1. The van der Waals surface area contributed by atoms with Crippen molar-refractivity contribution in [3.8, 4) is 0 Å². The van der Waals surface area contributed by atoms with Crippen molar-refractivity contribution < 1.29 is 9.90 Å². The zero-order valence-corrected chi connectivity index (χ0v) is 9.48. The van der Waals surface area contributed by atoms with Crippen LogP contribution in [-0.2, 0) is 0 Å². The molecule has 1 rings (SSSR count). The molecule has 0 aliphatic heterocycles. The van der Waals surface area contributed by atoms with Gasteiger partial charge in [-0.25, -0.2) is 0 Å². The predicted molar refractivity (Wildman–Crippen MR) is 56.0 cm³/mol. The van der Waals surface area contributed by atoms with Crippen molar-refractivity contribution in [1.29, 1.82) is 0 Å². The molecule has 0 unspecified atom stereocenters. The van der Waals surface area contributed by atoms with Crippen LogP contribution in [-0.4, -0.2) is 23.7 Å². The van der Waals surface area contributed by atoms with Crippen LogP contribution in [0.15, 0.2) is 15.9 Å². The van der Waals surface area contributed by atoms with Gasteiger partial charge in [0, 0.05) is 11.0 Å². The van der Waals surface area contributed by atoms with Gasteiger partial charge in [-0.05, 0) is 34.3 Å². The third-order valence-corrected chi connectivity index (χ3v) is 3.22. The number of carbonyl (C=O) groups is 1. The van der Waals surface area contributed by atoms with Gasteiger partial charge in [-0.3, -0.25) is 4.79 Å². The highest BCUT2D eigenvalue weighted by Gasteiger charge is 2.11. The Morgan fingerprint density at radius 1 is 1.85 bits per heavy atom. The summed E-state index contributed by atoms with van der Waals surface area (Å²) in [4.78, 5) is 12.0. The number of hydrogen-bond acceptors (Lipinski definition) is 3. The molecule has 0 spiro atoms. The van der Waals surface area contributed by atoms with Crippen molar-refractivity contribution in [3.63, 3.8) is 0 Å². The molecule has 0 radical (unpaired) electrons. The number of halogens is 1. The number of nitrogens with one attached hydrogen (secondary N) is 1. The summed E-state index contributed by atoms with van der Waals surface area (Å²) in [5, 5.41) is 13.4. The van der Waals surface area contributed by atoms with Crippen LogP contribution >= 0.6 is 27.3 Å². The number of carbonyl (C=O) groups excluding carboxylic acids is 1. The van der Waals surface area contributed by atoms with Gasteiger partial charge >= 0.3 is 0 Å². The number of amides is 1. The highest BCUT2D eigenvalue weighted by molar-refractivity contribution is 9.10. The molecule has 0 aliphatic carbocycles. The first-order valence-corrected chi connectivity index (χ1v) is 5.47. The standard InChI is InChI=1S/C8H10BrNO2S/c1-5(11)4-10-8(12)7-6(9)2-3-13-7/h2-3,5,11H,4H2,1H3,(H,10,12)/t5-/m0/s1. The van der Waals surface area contributed by atoms with Gasteiger partial charge in [0.2, 0.25) is 0 Å². The molecule has 0 aliphatic rings. The third-order valence-electron chi connectivity index (χ3n) is 1.38. The molecular weight excluding hydrogens is 254 g/mol. The molecule has 3 nitrogen and oxygen atoms in total. The highest BCUT2D eigenvalue weighted by atomic mass is 79.9. The molecule has 0 fully saturated rings. The fourth-order valence-electron chi connectivity index (χ4n) is 0.776. The Morgan fingerprint density at radius 2 is 2.54 bits per heavy atom. The lowest BCUT2D eigenvalue weighted by Crippen LogP contribution is -2.30. The summed E-state index contributed by atoms with van der Waals surface area (Å²) >= 11 is 4.63. The van der Waals surface area contributed by atoms with Gasteiger partial charge in [0.15, 0.2) is 0 Å². The topological polar surface area (TPSA) is 49.3 Å². The van der Waals surface area contributed by atoms with Gasteiger partial charge in [-0.15, -0.1) is 11.3 Å². The summed E-state index contributed by atoms with van der Waals surface area (Å²) < 4.78 is 0.792. The lowest BCUT2D eigenvalue weighted by atomic mass is 10.4. The summed E-state index contributed by atoms with van der Waals surface area (Å²) in [6.07, 6.45) is -0.511. The van der Waals surface area contributed by atoms with Gasteiger partial charge in [0.05, 0.1) is 6.10 Å². The third kappa shape index (κ3) is 3.10. The van der Waals surface area contributed by atoms with E-state index < -0.39 is 6.10 Å². The Bertz CT molecular complexity index is 298. The largest absolute Gasteiger partial charge is 0.392 e. The van der Waals surface area contributed by atoms with Gasteiger partial charge < -0.3 is 10.4 Å². The molecule has 1 aromatic rings. The van der Waals surface area contributed by atoms with Gasteiger partial charge in [-0.1, -0.05) is 0 Å². The average Bonchev–Trinajstić information content (AvgIpc) is 2.47. The van der Waals surface area contributed by atoms with E-state index in [9.17, 15) is 4.79 Å². The van der Waals surface area contributed by atoms with Crippen molar-refractivity contribution in [1.82, 2.24) is 5.32 Å². The highest BCUT2D eigenvalue weighted by Crippen LogP contribution is 2.22. The molecule has 0 saturated carbocycles. The van der Waals surface area contributed by atoms with Crippen molar-refractivity contribution in [2.75, 3.05) is 6.54 Å². The maximum atomic E-state index is 11.4. The van der Waals surface area contributed by atoms with Crippen LogP contribution in [0.25, 0.3) is 0 Å². The van der Waals surface area contributed by atoms with Gasteiger partial charge in [-0.2, -0.15) is 0 Å². The molecular formula is C8H10BrNO2S. The zero-order valence-electron chi connectivity index (χ0n) is 7.08. The molecule has 13 heavy (non-hydrogen) atoms. The second-order valence-corrected chi connectivity index (χ2v) is 4.43. The van der Waals surface area contributed by atoms with E-state index in [1.165, 1.54) is 11.3 Å². The van der Waals surface area contributed by atoms with E-state index in [1.54, 1.807) is 6.92 Å². The molecule has 2 N–H and O–H groups in total. The van der Waals surface area contributed by atoms with Crippen molar-refractivity contribution >= 4 is 33.2 Å². The molecule has 1 atom stereocenters. The van der Waals surface area contributed by atoms with Crippen molar-refractivity contribution in [3.05, 3.63) is 20.8 Å². The SMILES string of the molecule is C[C@H](O)CNC(=O)c1sccc1Br. The van der Waals surface area contributed by atoms with Gasteiger partial charge in [0.1, 0.15) is 4.88 Å². The number of rotatable bonds is 3. The Labute approximate surface area is 88.9 Å². The lowest BCUT2D eigenvalue weighted by Gasteiger charge is -2.05. The van der Waals surface area contributed by atoms with Crippen LogP contribution < -0.4 is 5.32 Å². The Hall–Kier alpha value is -0.390. The molecule has 0 aromatic carbocycles. The van der Waals surface area contributed by atoms with Crippen LogP contribution in [0.2, 0.25) is 0 Å². The summed E-state index contributed by atoms with van der Waals surface area (Å²) in [5.74, 6) is -0.150. The quantitative estimate of drug-likeness (QED) is 0.871. The zero-order chi connectivity index (χ0) is 9.84. The predicted octanol–water partition coefficient (Wildman–Crippen LogP) is 1.62. The number of hydrogen-bond donors (Lipinski definition) is 2. The summed E-state index contributed by atoms with van der Waals surface area (Å²) in [5.41, 5.74) is 0. The van der Waals surface area contributed by atoms with Gasteiger partial charge in [0.25, 0.3) is 5.91 Å². The van der Waals surface area contributed by atoms with Crippen LogP contribution in [0.4, 0.5) is 0 Å². The Balaban J connectivity index is 2.54. The fourth-order valence-corrected chi connectivity index (χ4v) is 2.24. The minimum atomic E-state index is -0.511. The van der Waals surface area contributed by atoms with Crippen LogP contribution in [0.5, 0.6) is 0 Å². The van der Waals surface area contributed by atoms with E-state index in [1.807, 2.05) is 11.4 Å². The second-order valence-electron chi connectivity index (χ2n) is 2.66. The Morgan fingerprint density at radius 3 is 3.00 bits per heavy atom. The lowest BCUT2D eigenvalue weighted by molar-refractivity contribution is 0.0927. The molecule has 5 heteroatoms. The summed E-state index contributed by atoms with van der Waals surface area (Å²) in [6, 6.07) is 1.82. The van der Waals surface area contributed by atoms with E-state index in [0.717, 1.165) is 4.47 Å². The Kier molecular flexibility index (Phi) is 3.90. The number of aliphatic hydroxyl groups is 1. The first-order valence-electron chi connectivity index (χ1n) is 3.80. The summed E-state index contributed by atoms with van der Waals surface area (Å²) in [7, 11) is 0. The van der Waals surface area contributed by atoms with E-state index in [2.05, 4.69) is 21.2 Å². The normalized spacial score (nSPS) is 12.5. The van der Waals surface area contributed by atoms with Crippen LogP contribution in [0, 0.1) is 0 Å². The van der Waals surface area contributed by atoms with E-state index in [-0.39, 0.29) is 12.5 Å². The molecule has 1 amide bonds. The average molecular weight is 264 g/mol. The van der Waals surface area contributed by atoms with Crippen molar-refractivity contribution in [2.45, 2.75) is 13.0 Å². The first kappa shape index (κ1) is 10.7. The maximum Gasteiger partial charge on any atom is 0.262 e. The molecule has 72 valence electrons. The summed E-state index contributed by atoms with van der Waals surface area (Å²) in [6.45, 7) is 1.91. The second kappa shape index (κ2) is 4.74. The monoisotopic (exact) mass is 263 g/mol. The fraction of sp³-hybridized carbons (Fsp3) is 0.375. The minimum Gasteiger partial charge on any atom is -0.392 e. The van der Waals surface area contributed by atoms with Crippen LogP contribution in [0.1, 0.15) is 16.6 Å². The van der Waals surface area contributed by atoms with Crippen molar-refractivity contribution in [2.24, 2.45) is 0 Å².